The smallest absolute Gasteiger partial charge is 0.425 e. The molecule has 4 atom stereocenters. The van der Waals surface area contributed by atoms with Crippen LogP contribution >= 0.6 is 0 Å². The molecule has 2 fully saturated rings. The molecular weight excluding hydrogens is 716 g/mol. The monoisotopic (exact) mass is 768 g/mol. The van der Waals surface area contributed by atoms with E-state index in [0.717, 1.165) is 71.4 Å². The number of nitrogens with zero attached hydrogens (tertiary/aromatic N) is 4. The summed E-state index contributed by atoms with van der Waals surface area (Å²) in [5, 5.41) is 4.05. The minimum atomic E-state index is -0.693. The van der Waals surface area contributed by atoms with Gasteiger partial charge in [0.15, 0.2) is 0 Å². The van der Waals surface area contributed by atoms with Crippen molar-refractivity contribution < 1.29 is 33.0 Å². The minimum absolute atomic E-state index is 0.102. The summed E-state index contributed by atoms with van der Waals surface area (Å²) in [4.78, 5) is 62.5. The molecule has 0 radical (unpaired) electrons. The third-order valence-electron chi connectivity index (χ3n) is 11.4. The van der Waals surface area contributed by atoms with Crippen LogP contribution in [-0.2, 0) is 19.1 Å². The van der Waals surface area contributed by atoms with E-state index in [4.69, 9.17) is 19.5 Å². The van der Waals surface area contributed by atoms with Gasteiger partial charge in [-0.2, -0.15) is 0 Å². The molecule has 2 aromatic rings. The van der Waals surface area contributed by atoms with E-state index in [2.05, 4.69) is 10.7 Å². The lowest BCUT2D eigenvalue weighted by molar-refractivity contribution is -0.142. The van der Waals surface area contributed by atoms with Crippen LogP contribution in [-0.4, -0.2) is 84.2 Å². The average Bonchev–Trinajstić information content (AvgIpc) is 4.00. The van der Waals surface area contributed by atoms with Crippen LogP contribution < -0.4 is 10.7 Å². The highest BCUT2D eigenvalue weighted by Gasteiger charge is 2.40. The Morgan fingerprint density at radius 2 is 1.45 bits per heavy atom. The van der Waals surface area contributed by atoms with Crippen molar-refractivity contribution >= 4 is 46.6 Å². The Morgan fingerprint density at radius 1 is 0.804 bits per heavy atom. The van der Waals surface area contributed by atoms with Crippen molar-refractivity contribution in [3.63, 3.8) is 0 Å². The summed E-state index contributed by atoms with van der Waals surface area (Å²) < 4.78 is 25.3. The van der Waals surface area contributed by atoms with Gasteiger partial charge >= 0.3 is 12.2 Å². The number of likely N-dealkylation sites (tertiary alicyclic amines) is 1. The number of halogens is 1. The fourth-order valence-corrected chi connectivity index (χ4v) is 8.34. The number of aliphatic imine (C=N–C) groups is 2. The molecule has 1 saturated heterocycles. The summed E-state index contributed by atoms with van der Waals surface area (Å²) in [6.45, 7) is 8.08. The van der Waals surface area contributed by atoms with E-state index in [-0.39, 0.29) is 47.5 Å². The Kier molecular flexibility index (Phi) is 12.7. The summed E-state index contributed by atoms with van der Waals surface area (Å²) in [7, 11) is 2.55. The molecule has 12 nitrogen and oxygen atoms in total. The SMILES string of the molecule is COC(=O)N[C@H](C(=O)N1CCC[C@H]1C1=NC=C(c2ccc(-c3ccc(C4=CN=C(C5CCCC[C@@H]5C(=O)N(NC(=O)OC)C(C)C)C4)c(F)c3)cc2)C1)C(C)C. The van der Waals surface area contributed by atoms with Gasteiger partial charge < -0.3 is 19.7 Å². The number of benzene rings is 2. The molecule has 2 aromatic carbocycles. The maximum Gasteiger partial charge on any atom is 0.425 e. The van der Waals surface area contributed by atoms with Gasteiger partial charge in [-0.15, -0.1) is 0 Å². The zero-order valence-electron chi connectivity index (χ0n) is 33.1. The Balaban J connectivity index is 1.07. The first-order chi connectivity index (χ1) is 26.9. The molecule has 0 spiro atoms. The van der Waals surface area contributed by atoms with E-state index in [0.29, 0.717) is 31.4 Å². The number of carbonyl (C=O) groups excluding carboxylic acids is 4. The quantitative estimate of drug-likeness (QED) is 0.239. The van der Waals surface area contributed by atoms with Crippen LogP contribution in [0.2, 0.25) is 0 Å². The van der Waals surface area contributed by atoms with E-state index >= 15 is 4.39 Å². The molecule has 2 N–H and O–H groups in total. The van der Waals surface area contributed by atoms with Gasteiger partial charge in [-0.25, -0.2) is 24.4 Å². The number of allylic oxidation sites excluding steroid dienone is 2. The highest BCUT2D eigenvalue weighted by atomic mass is 19.1. The molecule has 1 saturated carbocycles. The zero-order chi connectivity index (χ0) is 40.1. The van der Waals surface area contributed by atoms with Crippen molar-refractivity contribution in [2.45, 2.75) is 97.2 Å². The molecule has 0 aromatic heterocycles. The third kappa shape index (κ3) is 8.71. The second-order valence-electron chi connectivity index (χ2n) is 15.6. The summed E-state index contributed by atoms with van der Waals surface area (Å²) in [6.07, 6.45) is 8.38. The van der Waals surface area contributed by atoms with Crippen LogP contribution in [0, 0.1) is 23.6 Å². The number of rotatable bonds is 10. The van der Waals surface area contributed by atoms with Crippen LogP contribution in [0.15, 0.2) is 64.8 Å². The Labute approximate surface area is 328 Å². The standard InChI is InChI=1S/C43H53FN6O6/c1-25(2)39(47-42(53)55-5)41(52)49-19-9-12-38(49)37-21-30(23-46-37)28-15-13-27(14-16-28)29-17-18-32(35(44)20-29)31-22-36(45-24-31)33-10-7-8-11-34(33)40(51)50(26(3)4)48-43(54)56-6/h13-18,20,23-26,33-34,38-39H,7-12,19,21-22H2,1-6H3,(H,47,53)(H,48,54)/t33?,34-,38-,39-/m0/s1. The molecule has 4 aliphatic rings. The molecule has 13 heteroatoms. The van der Waals surface area contributed by atoms with E-state index in [9.17, 15) is 19.2 Å². The highest BCUT2D eigenvalue weighted by molar-refractivity contribution is 6.04. The topological polar surface area (TPSA) is 142 Å². The van der Waals surface area contributed by atoms with Crippen molar-refractivity contribution in [1.82, 2.24) is 20.7 Å². The van der Waals surface area contributed by atoms with Gasteiger partial charge in [-0.05, 0) is 79.4 Å². The number of nitrogens with one attached hydrogen (secondary N) is 2. The maximum absolute atomic E-state index is 15.8. The molecule has 4 amide bonds. The van der Waals surface area contributed by atoms with Crippen molar-refractivity contribution in [2.75, 3.05) is 20.8 Å². The summed E-state index contributed by atoms with van der Waals surface area (Å²) in [5.41, 5.74) is 9.30. The van der Waals surface area contributed by atoms with Crippen LogP contribution in [0.1, 0.15) is 90.2 Å². The lowest BCUT2D eigenvalue weighted by Gasteiger charge is -2.36. The van der Waals surface area contributed by atoms with Crippen molar-refractivity contribution in [3.8, 4) is 11.1 Å². The number of amides is 4. The third-order valence-corrected chi connectivity index (χ3v) is 11.4. The van der Waals surface area contributed by atoms with Gasteiger partial charge in [0.2, 0.25) is 11.8 Å². The van der Waals surface area contributed by atoms with Gasteiger partial charge in [0.1, 0.15) is 11.9 Å². The number of ether oxygens (including phenoxy) is 2. The molecule has 3 aliphatic heterocycles. The molecule has 1 unspecified atom stereocenters. The van der Waals surface area contributed by atoms with E-state index in [1.807, 2.05) is 69.1 Å². The normalized spacial score (nSPS) is 21.2. The number of hydrogen-bond acceptors (Lipinski definition) is 8. The van der Waals surface area contributed by atoms with Gasteiger partial charge in [-0.1, -0.05) is 63.1 Å². The molecule has 3 heterocycles. The van der Waals surface area contributed by atoms with Crippen LogP contribution in [0.4, 0.5) is 14.0 Å². The Bertz CT molecular complexity index is 1950. The average molecular weight is 769 g/mol. The fourth-order valence-electron chi connectivity index (χ4n) is 8.34. The highest BCUT2D eigenvalue weighted by Crippen LogP contribution is 2.39. The van der Waals surface area contributed by atoms with Gasteiger partial charge in [0, 0.05) is 66.7 Å². The number of hydrogen-bond donors (Lipinski definition) is 2. The van der Waals surface area contributed by atoms with Gasteiger partial charge in [0.25, 0.3) is 0 Å². The number of alkyl carbamates (subject to hydrolysis) is 1. The molecular formula is C43H53FN6O6. The predicted octanol–water partition coefficient (Wildman–Crippen LogP) is 7.55. The number of carbonyl (C=O) groups is 4. The van der Waals surface area contributed by atoms with Gasteiger partial charge in [0.05, 0.1) is 20.3 Å². The predicted molar refractivity (Wildman–Crippen MR) is 214 cm³/mol. The van der Waals surface area contributed by atoms with Crippen molar-refractivity contribution in [3.05, 3.63) is 71.8 Å². The molecule has 6 rings (SSSR count). The van der Waals surface area contributed by atoms with E-state index < -0.39 is 18.2 Å². The maximum atomic E-state index is 15.8. The molecule has 56 heavy (non-hydrogen) atoms. The van der Waals surface area contributed by atoms with Crippen molar-refractivity contribution in [2.24, 2.45) is 27.7 Å². The summed E-state index contributed by atoms with van der Waals surface area (Å²) >= 11 is 0. The van der Waals surface area contributed by atoms with Crippen LogP contribution in [0.3, 0.4) is 0 Å². The largest absolute Gasteiger partial charge is 0.453 e. The van der Waals surface area contributed by atoms with Gasteiger partial charge in [-0.3, -0.25) is 19.6 Å². The first kappa shape index (κ1) is 40.3. The molecule has 298 valence electrons. The Morgan fingerprint density at radius 3 is 2.12 bits per heavy atom. The lowest BCUT2D eigenvalue weighted by atomic mass is 9.74. The second kappa shape index (κ2) is 17.6. The number of methoxy groups -OCH3 is 2. The first-order valence-corrected chi connectivity index (χ1v) is 19.6. The van der Waals surface area contributed by atoms with Crippen molar-refractivity contribution in [1.29, 1.82) is 0 Å². The van der Waals surface area contributed by atoms with E-state index in [1.54, 1.807) is 18.3 Å². The van der Waals surface area contributed by atoms with Crippen LogP contribution in [0.5, 0.6) is 0 Å². The molecule has 0 bridgehead atoms. The Hall–Kier alpha value is -5.33. The lowest BCUT2D eigenvalue weighted by Crippen LogP contribution is -2.54. The fraction of sp³-hybridized carbons (Fsp3) is 0.488. The molecule has 1 aliphatic carbocycles. The number of hydrazine groups is 1. The second-order valence-corrected chi connectivity index (χ2v) is 15.6. The zero-order valence-corrected chi connectivity index (χ0v) is 33.1. The first-order valence-electron chi connectivity index (χ1n) is 19.6. The van der Waals surface area contributed by atoms with E-state index in [1.165, 1.54) is 19.2 Å². The summed E-state index contributed by atoms with van der Waals surface area (Å²) in [6, 6.07) is 12.2. The minimum Gasteiger partial charge on any atom is -0.453 e. The van der Waals surface area contributed by atoms with Crippen LogP contribution in [0.25, 0.3) is 22.3 Å². The summed E-state index contributed by atoms with van der Waals surface area (Å²) in [5.74, 6) is -1.18.